The molecule has 0 saturated carbocycles. The van der Waals surface area contributed by atoms with Gasteiger partial charge in [-0.3, -0.25) is 9.83 Å². The fourth-order valence-corrected chi connectivity index (χ4v) is 5.86. The van der Waals surface area contributed by atoms with Gasteiger partial charge in [0, 0.05) is 32.7 Å². The third-order valence-corrected chi connectivity index (χ3v) is 7.08. The Morgan fingerprint density at radius 3 is 1.47 bits per heavy atom. The van der Waals surface area contributed by atoms with Crippen molar-refractivity contribution in [1.29, 1.82) is 0 Å². The van der Waals surface area contributed by atoms with Crippen molar-refractivity contribution in [1.82, 2.24) is 14.4 Å². The molecule has 0 saturated heterocycles. The van der Waals surface area contributed by atoms with Gasteiger partial charge in [0.1, 0.15) is 0 Å². The van der Waals surface area contributed by atoms with Crippen LogP contribution >= 0.6 is 7.51 Å². The maximum atomic E-state index is 4.98. The van der Waals surface area contributed by atoms with Gasteiger partial charge in [0.05, 0.1) is 0 Å². The zero-order chi connectivity index (χ0) is 13.3. The number of nitrogens with zero attached hydrogens (tertiary/aromatic N) is 3. The minimum atomic E-state index is -1.67. The monoisotopic (exact) mass is 262 g/mol. The van der Waals surface area contributed by atoms with Crippen LogP contribution in [0.15, 0.2) is 4.74 Å². The Morgan fingerprint density at radius 2 is 1.24 bits per heavy atom. The van der Waals surface area contributed by atoms with Gasteiger partial charge in [0.25, 0.3) is 0 Å². The average molecular weight is 262 g/mol. The first-order chi connectivity index (χ1) is 8.16. The van der Waals surface area contributed by atoms with E-state index in [-0.39, 0.29) is 0 Å². The Hall–Kier alpha value is 0.110. The number of nitrogens with one attached hydrogen (secondary N) is 1. The summed E-state index contributed by atoms with van der Waals surface area (Å²) in [5, 5.41) is 3.70. The number of hydrogen-bond acceptors (Lipinski definition) is 1. The van der Waals surface area contributed by atoms with E-state index in [0.717, 1.165) is 39.3 Å². The zero-order valence-corrected chi connectivity index (χ0v) is 13.4. The summed E-state index contributed by atoms with van der Waals surface area (Å²) in [6, 6.07) is 0. The predicted octanol–water partition coefficient (Wildman–Crippen LogP) is 3.25. The third-order valence-electron chi connectivity index (χ3n) is 2.96. The molecule has 0 atom stereocenters. The summed E-state index contributed by atoms with van der Waals surface area (Å²) in [5.41, 5.74) is 0. The minimum Gasteiger partial charge on any atom is -0.261 e. The van der Waals surface area contributed by atoms with Gasteiger partial charge in [-0.15, -0.1) is 0 Å². The van der Waals surface area contributed by atoms with Crippen LogP contribution < -0.4 is 5.09 Å². The van der Waals surface area contributed by atoms with Gasteiger partial charge in [-0.25, -0.2) is 9.34 Å². The van der Waals surface area contributed by atoms with Gasteiger partial charge in [-0.1, -0.05) is 34.6 Å². The molecular weight excluding hydrogens is 231 g/mol. The maximum Gasteiger partial charge on any atom is 0.165 e. The fraction of sp³-hybridized carbons (Fsp3) is 1.00. The lowest BCUT2D eigenvalue weighted by molar-refractivity contribution is 0.402. The Bertz CT molecular complexity index is 219. The molecule has 17 heavy (non-hydrogen) atoms. The van der Waals surface area contributed by atoms with Crippen molar-refractivity contribution in [3.8, 4) is 0 Å². The molecule has 0 aromatic rings. The molecule has 0 aliphatic carbocycles. The van der Waals surface area contributed by atoms with Crippen LogP contribution in [0.5, 0.6) is 0 Å². The third kappa shape index (κ3) is 4.06. The van der Waals surface area contributed by atoms with Crippen LogP contribution in [-0.2, 0) is 0 Å². The van der Waals surface area contributed by atoms with Crippen LogP contribution in [0.3, 0.4) is 0 Å². The smallest absolute Gasteiger partial charge is 0.165 e. The first-order valence-corrected chi connectivity index (χ1v) is 8.65. The highest BCUT2D eigenvalue weighted by Crippen LogP contribution is 2.52. The van der Waals surface area contributed by atoms with Gasteiger partial charge in [-0.2, -0.15) is 0 Å². The second-order valence-electron chi connectivity index (χ2n) is 3.82. The van der Waals surface area contributed by atoms with Crippen molar-refractivity contribution in [2.24, 2.45) is 4.74 Å². The van der Waals surface area contributed by atoms with Gasteiger partial charge in [0.2, 0.25) is 0 Å². The van der Waals surface area contributed by atoms with Gasteiger partial charge < -0.3 is 0 Å². The summed E-state index contributed by atoms with van der Waals surface area (Å²) in [5.74, 6) is 0. The second-order valence-corrected chi connectivity index (χ2v) is 6.68. The SMILES string of the molecule is CCN=P(NCC)(N(CC)CC)N(CC)CC. The fourth-order valence-electron chi connectivity index (χ4n) is 2.25. The van der Waals surface area contributed by atoms with Crippen LogP contribution in [0.25, 0.3) is 0 Å². The summed E-state index contributed by atoms with van der Waals surface area (Å²) in [6.45, 7) is 19.3. The molecule has 0 fully saturated rings. The van der Waals surface area contributed by atoms with E-state index >= 15 is 0 Å². The van der Waals surface area contributed by atoms with E-state index in [9.17, 15) is 0 Å². The molecule has 0 radical (unpaired) electrons. The van der Waals surface area contributed by atoms with Crippen molar-refractivity contribution in [2.75, 3.05) is 39.3 Å². The lowest BCUT2D eigenvalue weighted by atomic mass is 10.7. The Balaban J connectivity index is 5.47. The van der Waals surface area contributed by atoms with Crippen molar-refractivity contribution < 1.29 is 0 Å². The van der Waals surface area contributed by atoms with E-state index in [0.29, 0.717) is 0 Å². The first-order valence-electron chi connectivity index (χ1n) is 7.00. The number of rotatable bonds is 9. The quantitative estimate of drug-likeness (QED) is 0.647. The number of hydrogen-bond donors (Lipinski definition) is 1. The molecule has 0 unspecified atom stereocenters. The van der Waals surface area contributed by atoms with Crippen LogP contribution in [0.1, 0.15) is 41.5 Å². The standard InChI is InChI=1S/C12H31N4P/c1-7-13-17(14-8-2,15(9-3)10-4)16(11-5)12-6/h13H,7-12H2,1-6H3. The molecule has 0 bridgehead atoms. The Labute approximate surface area is 108 Å². The van der Waals surface area contributed by atoms with E-state index in [1.165, 1.54) is 0 Å². The summed E-state index contributed by atoms with van der Waals surface area (Å²) in [7, 11) is -1.67. The lowest BCUT2D eigenvalue weighted by Gasteiger charge is -2.42. The largest absolute Gasteiger partial charge is 0.261 e. The molecule has 0 rings (SSSR count). The molecule has 0 aliphatic rings. The van der Waals surface area contributed by atoms with Crippen molar-refractivity contribution in [3.05, 3.63) is 0 Å². The van der Waals surface area contributed by atoms with Crippen molar-refractivity contribution in [2.45, 2.75) is 41.5 Å². The molecule has 0 heterocycles. The predicted molar refractivity (Wildman–Crippen MR) is 79.4 cm³/mol. The maximum absolute atomic E-state index is 4.98. The topological polar surface area (TPSA) is 30.9 Å². The van der Waals surface area contributed by atoms with Gasteiger partial charge in [0.15, 0.2) is 7.51 Å². The summed E-state index contributed by atoms with van der Waals surface area (Å²) in [4.78, 5) is 0. The van der Waals surface area contributed by atoms with E-state index in [4.69, 9.17) is 4.74 Å². The first kappa shape index (κ1) is 17.1. The van der Waals surface area contributed by atoms with Gasteiger partial charge >= 0.3 is 0 Å². The van der Waals surface area contributed by atoms with E-state index in [1.807, 2.05) is 0 Å². The highest BCUT2D eigenvalue weighted by atomic mass is 31.2. The molecule has 0 amide bonds. The molecule has 0 spiro atoms. The molecule has 0 aromatic heterocycles. The molecule has 0 aliphatic heterocycles. The molecule has 4 nitrogen and oxygen atoms in total. The molecule has 5 heteroatoms. The van der Waals surface area contributed by atoms with Crippen molar-refractivity contribution >= 4 is 7.51 Å². The van der Waals surface area contributed by atoms with Crippen LogP contribution in [0, 0.1) is 0 Å². The highest BCUT2D eigenvalue weighted by molar-refractivity contribution is 7.59. The summed E-state index contributed by atoms with van der Waals surface area (Å²) in [6.07, 6.45) is 0. The second kappa shape index (κ2) is 9.09. The zero-order valence-electron chi connectivity index (χ0n) is 12.5. The highest BCUT2D eigenvalue weighted by Gasteiger charge is 2.29. The van der Waals surface area contributed by atoms with E-state index < -0.39 is 7.51 Å². The normalized spacial score (nSPS) is 12.5. The molecule has 104 valence electrons. The van der Waals surface area contributed by atoms with Crippen LogP contribution in [0.2, 0.25) is 0 Å². The summed E-state index contributed by atoms with van der Waals surface area (Å²) >= 11 is 0. The summed E-state index contributed by atoms with van der Waals surface area (Å²) < 4.78 is 10.00. The van der Waals surface area contributed by atoms with Crippen LogP contribution in [0.4, 0.5) is 0 Å². The van der Waals surface area contributed by atoms with E-state index in [2.05, 4.69) is 56.0 Å². The molecule has 0 aromatic carbocycles. The van der Waals surface area contributed by atoms with E-state index in [1.54, 1.807) is 0 Å². The van der Waals surface area contributed by atoms with Gasteiger partial charge in [-0.05, 0) is 13.5 Å². The van der Waals surface area contributed by atoms with Crippen molar-refractivity contribution in [3.63, 3.8) is 0 Å². The Morgan fingerprint density at radius 1 is 0.824 bits per heavy atom. The molecular formula is C12H31N4P. The lowest BCUT2D eigenvalue weighted by Crippen LogP contribution is -2.39. The molecule has 1 N–H and O–H groups in total. The Kier molecular flexibility index (Phi) is 9.15. The minimum absolute atomic E-state index is 0.883. The average Bonchev–Trinajstić information content (AvgIpc) is 2.32. The van der Waals surface area contributed by atoms with Crippen LogP contribution in [-0.4, -0.2) is 48.6 Å².